The first-order chi connectivity index (χ1) is 19.4. The standard InChI is InChI=1S/C24H32N4O4.C6H12.C2H6/c1-5-21(28-16-27-22-17(2)25-15-26-23(22)28)31-19(20-14-30-24(3,4)32-20)11-12-29-13-18-9-7-6-8-10-18;1-6-4-2-3-5-6;1-2/h6-10,15-16,19-21H,5,11-14H2,1-4H3;6H,2-5H2,1H3;1-2H3/t19?,20-,21?;;/m1../s1. The summed E-state index contributed by atoms with van der Waals surface area (Å²) >= 11 is 0. The molecule has 0 N–H and O–H groups in total. The third-order valence-corrected chi connectivity index (χ3v) is 7.28. The molecule has 222 valence electrons. The van der Waals surface area contributed by atoms with Gasteiger partial charge in [-0.15, -0.1) is 0 Å². The summed E-state index contributed by atoms with van der Waals surface area (Å²) in [4.78, 5) is 13.2. The van der Waals surface area contributed by atoms with Crippen molar-refractivity contribution < 1.29 is 18.9 Å². The average Bonchev–Trinajstić information content (AvgIpc) is 3.71. The van der Waals surface area contributed by atoms with E-state index in [1.807, 2.05) is 57.4 Å². The number of nitrogens with zero attached hydrogens (tertiary/aromatic N) is 4. The number of rotatable bonds is 10. The Kier molecular flexibility index (Phi) is 13.0. The zero-order valence-electron chi connectivity index (χ0n) is 25.6. The van der Waals surface area contributed by atoms with Crippen LogP contribution in [0.15, 0.2) is 43.0 Å². The summed E-state index contributed by atoms with van der Waals surface area (Å²) in [5.41, 5.74) is 3.56. The molecule has 8 heteroatoms. The first-order valence-corrected chi connectivity index (χ1v) is 15.1. The van der Waals surface area contributed by atoms with Gasteiger partial charge in [0, 0.05) is 6.61 Å². The minimum Gasteiger partial charge on any atom is -0.377 e. The van der Waals surface area contributed by atoms with Crippen molar-refractivity contribution in [2.45, 2.75) is 118 Å². The Morgan fingerprint density at radius 1 is 1.07 bits per heavy atom. The molecule has 2 fully saturated rings. The van der Waals surface area contributed by atoms with Crippen LogP contribution in [0.3, 0.4) is 0 Å². The molecular formula is C32H50N4O4. The highest BCUT2D eigenvalue weighted by atomic mass is 16.7. The summed E-state index contributed by atoms with van der Waals surface area (Å²) in [6.45, 7) is 15.8. The maximum absolute atomic E-state index is 6.60. The lowest BCUT2D eigenvalue weighted by Crippen LogP contribution is -2.36. The van der Waals surface area contributed by atoms with Crippen LogP contribution in [0.5, 0.6) is 0 Å². The van der Waals surface area contributed by atoms with Crippen LogP contribution in [0.4, 0.5) is 0 Å². The third-order valence-electron chi connectivity index (χ3n) is 7.28. The highest BCUT2D eigenvalue weighted by Gasteiger charge is 2.39. The lowest BCUT2D eigenvalue weighted by molar-refractivity contribution is -0.172. The number of aromatic nitrogens is 4. The number of imidazole rings is 1. The van der Waals surface area contributed by atoms with E-state index in [1.54, 1.807) is 12.7 Å². The Morgan fingerprint density at radius 3 is 2.40 bits per heavy atom. The van der Waals surface area contributed by atoms with Gasteiger partial charge in [-0.3, -0.25) is 4.57 Å². The first-order valence-electron chi connectivity index (χ1n) is 15.1. The van der Waals surface area contributed by atoms with Crippen molar-refractivity contribution in [1.29, 1.82) is 0 Å². The molecule has 40 heavy (non-hydrogen) atoms. The molecule has 1 aliphatic heterocycles. The van der Waals surface area contributed by atoms with Crippen molar-refractivity contribution in [2.75, 3.05) is 13.2 Å². The highest BCUT2D eigenvalue weighted by Crippen LogP contribution is 2.30. The van der Waals surface area contributed by atoms with Gasteiger partial charge in [0.05, 0.1) is 31.3 Å². The third kappa shape index (κ3) is 9.33. The summed E-state index contributed by atoms with van der Waals surface area (Å²) in [6, 6.07) is 10.2. The van der Waals surface area contributed by atoms with Crippen molar-refractivity contribution in [3.8, 4) is 0 Å². The van der Waals surface area contributed by atoms with Crippen LogP contribution in [0.25, 0.3) is 11.2 Å². The average molecular weight is 555 g/mol. The molecule has 1 aromatic carbocycles. The maximum atomic E-state index is 6.60. The molecule has 1 aliphatic carbocycles. The van der Waals surface area contributed by atoms with Gasteiger partial charge in [-0.1, -0.05) is 83.7 Å². The van der Waals surface area contributed by atoms with E-state index in [0.717, 1.165) is 34.8 Å². The molecular weight excluding hydrogens is 504 g/mol. The second kappa shape index (κ2) is 16.2. The Bertz CT molecular complexity index is 1110. The maximum Gasteiger partial charge on any atom is 0.165 e. The zero-order chi connectivity index (χ0) is 29.0. The Hall–Kier alpha value is -2.39. The van der Waals surface area contributed by atoms with Gasteiger partial charge in [-0.2, -0.15) is 0 Å². The quantitative estimate of drug-likeness (QED) is 0.241. The van der Waals surface area contributed by atoms with E-state index in [1.165, 1.54) is 25.7 Å². The molecule has 2 unspecified atom stereocenters. The van der Waals surface area contributed by atoms with Gasteiger partial charge in [0.25, 0.3) is 0 Å². The van der Waals surface area contributed by atoms with Gasteiger partial charge in [-0.25, -0.2) is 15.0 Å². The zero-order valence-corrected chi connectivity index (χ0v) is 25.6. The van der Waals surface area contributed by atoms with Crippen LogP contribution in [0.1, 0.15) is 97.6 Å². The number of hydrogen-bond acceptors (Lipinski definition) is 7. The van der Waals surface area contributed by atoms with Gasteiger partial charge in [-0.05, 0) is 45.1 Å². The van der Waals surface area contributed by atoms with Crippen molar-refractivity contribution in [2.24, 2.45) is 5.92 Å². The molecule has 0 amide bonds. The molecule has 3 aromatic rings. The second-order valence-corrected chi connectivity index (χ2v) is 10.9. The number of aryl methyl sites for hydroxylation is 1. The number of benzene rings is 1. The Morgan fingerprint density at radius 2 is 1.80 bits per heavy atom. The predicted molar refractivity (Wildman–Crippen MR) is 159 cm³/mol. The molecule has 2 aromatic heterocycles. The van der Waals surface area contributed by atoms with Gasteiger partial charge >= 0.3 is 0 Å². The van der Waals surface area contributed by atoms with Gasteiger partial charge < -0.3 is 18.9 Å². The highest BCUT2D eigenvalue weighted by molar-refractivity contribution is 5.72. The van der Waals surface area contributed by atoms with E-state index in [2.05, 4.69) is 40.9 Å². The predicted octanol–water partition coefficient (Wildman–Crippen LogP) is 7.41. The minimum atomic E-state index is -0.620. The largest absolute Gasteiger partial charge is 0.377 e. The lowest BCUT2D eigenvalue weighted by atomic mass is 10.1. The van der Waals surface area contributed by atoms with E-state index >= 15 is 0 Å². The summed E-state index contributed by atoms with van der Waals surface area (Å²) in [5.74, 6) is 0.426. The van der Waals surface area contributed by atoms with Crippen LogP contribution in [-0.2, 0) is 25.6 Å². The molecule has 0 spiro atoms. The Balaban J connectivity index is 0.000000481. The molecule has 8 nitrogen and oxygen atoms in total. The van der Waals surface area contributed by atoms with E-state index < -0.39 is 5.79 Å². The van der Waals surface area contributed by atoms with E-state index in [9.17, 15) is 0 Å². The number of hydrogen-bond donors (Lipinski definition) is 0. The summed E-state index contributed by atoms with van der Waals surface area (Å²) in [6.07, 6.45) is 10.1. The fourth-order valence-electron chi connectivity index (χ4n) is 5.07. The normalized spacial score (nSPS) is 19.9. The molecule has 5 rings (SSSR count). The van der Waals surface area contributed by atoms with E-state index in [0.29, 0.717) is 26.2 Å². The van der Waals surface area contributed by atoms with Gasteiger partial charge in [0.1, 0.15) is 24.2 Å². The van der Waals surface area contributed by atoms with Crippen LogP contribution in [0, 0.1) is 12.8 Å². The van der Waals surface area contributed by atoms with Crippen LogP contribution >= 0.6 is 0 Å². The number of ether oxygens (including phenoxy) is 4. The monoisotopic (exact) mass is 554 g/mol. The smallest absolute Gasteiger partial charge is 0.165 e. The second-order valence-electron chi connectivity index (χ2n) is 10.9. The molecule has 2 aliphatic rings. The lowest BCUT2D eigenvalue weighted by Gasteiger charge is -2.29. The number of fused-ring (bicyclic) bond motifs is 1. The first kappa shape index (κ1) is 32.1. The molecule has 3 heterocycles. The van der Waals surface area contributed by atoms with Crippen LogP contribution in [-0.4, -0.2) is 50.7 Å². The van der Waals surface area contributed by atoms with Crippen molar-refractivity contribution in [3.05, 3.63) is 54.2 Å². The summed E-state index contributed by atoms with van der Waals surface area (Å²) in [7, 11) is 0. The van der Waals surface area contributed by atoms with Crippen molar-refractivity contribution in [1.82, 2.24) is 19.5 Å². The van der Waals surface area contributed by atoms with Crippen molar-refractivity contribution in [3.63, 3.8) is 0 Å². The summed E-state index contributed by atoms with van der Waals surface area (Å²) in [5, 5.41) is 0. The van der Waals surface area contributed by atoms with Crippen molar-refractivity contribution >= 4 is 11.2 Å². The molecule has 3 atom stereocenters. The molecule has 1 saturated carbocycles. The fraction of sp³-hybridized carbons (Fsp3) is 0.656. The minimum absolute atomic E-state index is 0.175. The van der Waals surface area contributed by atoms with Crippen LogP contribution < -0.4 is 0 Å². The molecule has 0 radical (unpaired) electrons. The SMILES string of the molecule is CC.CC1CCCC1.CCC(OC(CCOCc1ccccc1)[C@H]1COC(C)(C)O1)n1cnc2c(C)ncnc21. The molecule has 0 bridgehead atoms. The molecule has 1 saturated heterocycles. The van der Waals surface area contributed by atoms with E-state index in [-0.39, 0.29) is 18.4 Å². The summed E-state index contributed by atoms with van der Waals surface area (Å²) < 4.78 is 26.5. The van der Waals surface area contributed by atoms with Gasteiger partial charge in [0.15, 0.2) is 11.4 Å². The van der Waals surface area contributed by atoms with E-state index in [4.69, 9.17) is 18.9 Å². The fourth-order valence-corrected chi connectivity index (χ4v) is 5.07. The topological polar surface area (TPSA) is 80.5 Å². The van der Waals surface area contributed by atoms with Crippen LogP contribution in [0.2, 0.25) is 0 Å². The Labute approximate surface area is 240 Å². The van der Waals surface area contributed by atoms with Gasteiger partial charge in [0.2, 0.25) is 0 Å².